The normalized spacial score (nSPS) is 12.1. The maximum absolute atomic E-state index is 12.0. The number of carbonyl (C=O) groups excluding carboxylic acids is 2. The first-order chi connectivity index (χ1) is 12.9. The average molecular weight is 380 g/mol. The second-order valence-corrected chi connectivity index (χ2v) is 8.58. The van der Waals surface area contributed by atoms with Crippen LogP contribution >= 0.6 is 0 Å². The molecular weight excluding hydrogens is 352 g/mol. The quantitative estimate of drug-likeness (QED) is 0.499. The molecule has 2 aromatic carbocycles. The van der Waals surface area contributed by atoms with Crippen molar-refractivity contribution in [3.63, 3.8) is 0 Å². The minimum Gasteiger partial charge on any atom is -0.456 e. The Morgan fingerprint density at radius 2 is 0.893 bits per heavy atom. The van der Waals surface area contributed by atoms with E-state index in [1.165, 1.54) is 0 Å². The van der Waals surface area contributed by atoms with Crippen LogP contribution in [-0.4, -0.2) is 23.1 Å². The molecule has 0 amide bonds. The van der Waals surface area contributed by atoms with Gasteiger partial charge in [-0.05, 0) is 76.9 Å². The van der Waals surface area contributed by atoms with Crippen LogP contribution in [0.3, 0.4) is 0 Å². The van der Waals surface area contributed by atoms with Crippen molar-refractivity contribution >= 4 is 24.1 Å². The predicted molar refractivity (Wildman–Crippen MR) is 112 cm³/mol. The number of benzene rings is 2. The fraction of sp³-hybridized carbons (Fsp3) is 0.333. The summed E-state index contributed by atoms with van der Waals surface area (Å²) in [6.07, 6.45) is 3.89. The van der Waals surface area contributed by atoms with Gasteiger partial charge in [0.1, 0.15) is 11.2 Å². The molecule has 148 valence electrons. The Hall–Kier alpha value is -2.88. The van der Waals surface area contributed by atoms with Crippen LogP contribution in [0.2, 0.25) is 0 Å². The van der Waals surface area contributed by atoms with Crippen molar-refractivity contribution in [2.45, 2.75) is 52.7 Å². The number of hydrogen-bond donors (Lipinski definition) is 0. The van der Waals surface area contributed by atoms with Crippen molar-refractivity contribution in [1.29, 1.82) is 0 Å². The van der Waals surface area contributed by atoms with Crippen LogP contribution < -0.4 is 0 Å². The van der Waals surface area contributed by atoms with Gasteiger partial charge in [-0.15, -0.1) is 0 Å². The van der Waals surface area contributed by atoms with Gasteiger partial charge >= 0.3 is 11.9 Å². The van der Waals surface area contributed by atoms with E-state index in [0.717, 1.165) is 11.1 Å². The van der Waals surface area contributed by atoms with Gasteiger partial charge in [-0.3, -0.25) is 0 Å². The van der Waals surface area contributed by atoms with E-state index in [9.17, 15) is 9.59 Å². The van der Waals surface area contributed by atoms with Crippen LogP contribution in [0.15, 0.2) is 48.5 Å². The van der Waals surface area contributed by atoms with Crippen LogP contribution in [0.5, 0.6) is 0 Å². The standard InChI is InChI=1S/C24H28O4/c1-23(2,3)27-21(25)19-13-9-17(10-14-19)7-8-18-11-15-20(16-12-18)22(26)28-24(4,5)6/h7-16H,1-6H3. The molecule has 0 heterocycles. The highest BCUT2D eigenvalue weighted by Gasteiger charge is 2.18. The highest BCUT2D eigenvalue weighted by atomic mass is 16.6. The Bertz CT molecular complexity index is 772. The Morgan fingerprint density at radius 3 is 1.14 bits per heavy atom. The Labute approximate surface area is 167 Å². The summed E-state index contributed by atoms with van der Waals surface area (Å²) in [5.41, 5.74) is 1.94. The van der Waals surface area contributed by atoms with Gasteiger partial charge in [0.15, 0.2) is 0 Å². The highest BCUT2D eigenvalue weighted by Crippen LogP contribution is 2.16. The first kappa shape index (κ1) is 21.4. The Morgan fingerprint density at radius 1 is 0.607 bits per heavy atom. The molecule has 0 bridgehead atoms. The fourth-order valence-electron chi connectivity index (χ4n) is 2.33. The summed E-state index contributed by atoms with van der Waals surface area (Å²) in [5, 5.41) is 0. The van der Waals surface area contributed by atoms with Crippen LogP contribution in [0.4, 0.5) is 0 Å². The second kappa shape index (κ2) is 8.42. The molecule has 0 aromatic heterocycles. The van der Waals surface area contributed by atoms with Crippen LogP contribution in [-0.2, 0) is 9.47 Å². The molecule has 4 heteroatoms. The third kappa shape index (κ3) is 7.03. The van der Waals surface area contributed by atoms with Crippen molar-refractivity contribution in [3.05, 3.63) is 70.8 Å². The van der Waals surface area contributed by atoms with E-state index >= 15 is 0 Å². The number of carbonyl (C=O) groups is 2. The van der Waals surface area contributed by atoms with Gasteiger partial charge in [-0.2, -0.15) is 0 Å². The summed E-state index contributed by atoms with van der Waals surface area (Å²) in [4.78, 5) is 24.1. The monoisotopic (exact) mass is 380 g/mol. The van der Waals surface area contributed by atoms with E-state index in [0.29, 0.717) is 11.1 Å². The first-order valence-electron chi connectivity index (χ1n) is 9.28. The number of hydrogen-bond acceptors (Lipinski definition) is 4. The van der Waals surface area contributed by atoms with Gasteiger partial charge in [0.25, 0.3) is 0 Å². The molecule has 0 N–H and O–H groups in total. The van der Waals surface area contributed by atoms with Gasteiger partial charge in [0.05, 0.1) is 11.1 Å². The minimum absolute atomic E-state index is 0.333. The maximum atomic E-state index is 12.0. The summed E-state index contributed by atoms with van der Waals surface area (Å²) in [6.45, 7) is 11.1. The number of rotatable bonds is 4. The fourth-order valence-corrected chi connectivity index (χ4v) is 2.33. The van der Waals surface area contributed by atoms with E-state index in [1.807, 2.05) is 78.0 Å². The minimum atomic E-state index is -0.513. The van der Waals surface area contributed by atoms with Crippen molar-refractivity contribution in [1.82, 2.24) is 0 Å². The van der Waals surface area contributed by atoms with E-state index in [4.69, 9.17) is 9.47 Å². The summed E-state index contributed by atoms with van der Waals surface area (Å²) >= 11 is 0. The topological polar surface area (TPSA) is 52.6 Å². The molecule has 0 saturated carbocycles. The zero-order chi connectivity index (χ0) is 20.9. The highest BCUT2D eigenvalue weighted by molar-refractivity contribution is 5.91. The lowest BCUT2D eigenvalue weighted by Gasteiger charge is -2.19. The van der Waals surface area contributed by atoms with E-state index in [1.54, 1.807) is 24.3 Å². The number of ether oxygens (including phenoxy) is 2. The molecule has 0 aliphatic heterocycles. The van der Waals surface area contributed by atoms with E-state index in [-0.39, 0.29) is 11.9 Å². The summed E-state index contributed by atoms with van der Waals surface area (Å²) in [6, 6.07) is 14.5. The van der Waals surface area contributed by atoms with Gasteiger partial charge < -0.3 is 9.47 Å². The lowest BCUT2D eigenvalue weighted by atomic mass is 10.1. The molecule has 0 fully saturated rings. The molecule has 0 atom stereocenters. The molecule has 0 spiro atoms. The third-order valence-electron chi connectivity index (χ3n) is 3.56. The largest absolute Gasteiger partial charge is 0.456 e. The zero-order valence-corrected chi connectivity index (χ0v) is 17.4. The van der Waals surface area contributed by atoms with Gasteiger partial charge in [0.2, 0.25) is 0 Å². The van der Waals surface area contributed by atoms with E-state index in [2.05, 4.69) is 0 Å². The first-order valence-corrected chi connectivity index (χ1v) is 9.28. The molecule has 4 nitrogen and oxygen atoms in total. The summed E-state index contributed by atoms with van der Waals surface area (Å²) < 4.78 is 10.7. The Balaban J connectivity index is 2.02. The lowest BCUT2D eigenvalue weighted by Crippen LogP contribution is -2.23. The van der Waals surface area contributed by atoms with Crippen LogP contribution in [0.25, 0.3) is 12.2 Å². The van der Waals surface area contributed by atoms with Gasteiger partial charge in [-0.25, -0.2) is 9.59 Å². The van der Waals surface area contributed by atoms with Gasteiger partial charge in [0, 0.05) is 0 Å². The zero-order valence-electron chi connectivity index (χ0n) is 17.4. The van der Waals surface area contributed by atoms with E-state index < -0.39 is 11.2 Å². The summed E-state index contributed by atoms with van der Waals surface area (Å²) in [7, 11) is 0. The molecule has 0 aliphatic carbocycles. The van der Waals surface area contributed by atoms with Crippen molar-refractivity contribution in [3.8, 4) is 0 Å². The molecular formula is C24H28O4. The van der Waals surface area contributed by atoms with Crippen LogP contribution in [0.1, 0.15) is 73.4 Å². The molecule has 2 aromatic rings. The third-order valence-corrected chi connectivity index (χ3v) is 3.56. The molecule has 28 heavy (non-hydrogen) atoms. The molecule has 0 unspecified atom stereocenters. The molecule has 2 rings (SSSR count). The molecule has 0 saturated heterocycles. The predicted octanol–water partition coefficient (Wildman–Crippen LogP) is 5.77. The maximum Gasteiger partial charge on any atom is 0.338 e. The van der Waals surface area contributed by atoms with Crippen LogP contribution in [0, 0.1) is 0 Å². The second-order valence-electron chi connectivity index (χ2n) is 8.58. The van der Waals surface area contributed by atoms with Crippen molar-refractivity contribution in [2.75, 3.05) is 0 Å². The molecule has 0 aliphatic rings. The summed E-state index contributed by atoms with van der Waals surface area (Å²) in [5.74, 6) is -0.665. The smallest absolute Gasteiger partial charge is 0.338 e. The Kier molecular flexibility index (Phi) is 6.45. The SMILES string of the molecule is CC(C)(C)OC(=O)c1ccc(C=Cc2ccc(C(=O)OC(C)(C)C)cc2)cc1. The average Bonchev–Trinajstić information content (AvgIpc) is 2.58. The van der Waals surface area contributed by atoms with Crippen molar-refractivity contribution in [2.24, 2.45) is 0 Å². The lowest BCUT2D eigenvalue weighted by molar-refractivity contribution is 0.00570. The van der Waals surface area contributed by atoms with Gasteiger partial charge in [-0.1, -0.05) is 36.4 Å². The number of esters is 2. The van der Waals surface area contributed by atoms with Crippen molar-refractivity contribution < 1.29 is 19.1 Å². The molecule has 0 radical (unpaired) electrons.